The Hall–Kier alpha value is -0.800. The summed E-state index contributed by atoms with van der Waals surface area (Å²) in [6.45, 7) is 1.00. The van der Waals surface area contributed by atoms with Crippen molar-refractivity contribution in [2.24, 2.45) is 0 Å². The highest BCUT2D eigenvalue weighted by molar-refractivity contribution is 6.43. The van der Waals surface area contributed by atoms with E-state index in [1.165, 1.54) is 0 Å². The summed E-state index contributed by atoms with van der Waals surface area (Å²) in [6.07, 6.45) is 0. The van der Waals surface area contributed by atoms with Crippen molar-refractivity contribution in [2.75, 3.05) is 18.5 Å². The van der Waals surface area contributed by atoms with Gasteiger partial charge in [0.25, 0.3) is 0 Å². The van der Waals surface area contributed by atoms with Crippen molar-refractivity contribution in [1.29, 1.82) is 0 Å². The van der Waals surface area contributed by atoms with Gasteiger partial charge in [-0.3, -0.25) is 0 Å². The lowest BCUT2D eigenvalue weighted by atomic mass is 10.3. The van der Waals surface area contributed by atoms with E-state index in [0.29, 0.717) is 39.0 Å². The maximum atomic E-state index is 6.06. The number of hydrogen-bond donors (Lipinski definition) is 1. The van der Waals surface area contributed by atoms with Crippen LogP contribution in [0, 0.1) is 0 Å². The number of ether oxygens (including phenoxy) is 1. The number of hydrogen-bond acceptors (Lipinski definition) is 2. The second-order valence-electron chi connectivity index (χ2n) is 3.95. The first-order valence-electron chi connectivity index (χ1n) is 5.83. The topological polar surface area (TPSA) is 21.3 Å². The van der Waals surface area contributed by atoms with E-state index in [-0.39, 0.29) is 0 Å². The molecule has 0 aliphatic heterocycles. The van der Waals surface area contributed by atoms with Crippen LogP contribution in [0.15, 0.2) is 36.4 Å². The van der Waals surface area contributed by atoms with Gasteiger partial charge in [0.05, 0.1) is 20.8 Å². The first-order chi connectivity index (χ1) is 9.58. The van der Waals surface area contributed by atoms with Crippen molar-refractivity contribution in [3.63, 3.8) is 0 Å². The minimum atomic E-state index is 0.435. The number of benzene rings is 2. The highest BCUT2D eigenvalue weighted by Crippen LogP contribution is 2.30. The fourth-order valence-electron chi connectivity index (χ4n) is 1.58. The molecule has 2 nitrogen and oxygen atoms in total. The van der Waals surface area contributed by atoms with Gasteiger partial charge in [-0.15, -0.1) is 0 Å². The molecule has 0 atom stereocenters. The molecule has 1 N–H and O–H groups in total. The average molecular weight is 351 g/mol. The molecule has 0 spiro atoms. The molecule has 0 saturated heterocycles. The molecule has 0 heterocycles. The van der Waals surface area contributed by atoms with Gasteiger partial charge in [0.1, 0.15) is 12.4 Å². The van der Waals surface area contributed by atoms with Crippen molar-refractivity contribution in [3.05, 3.63) is 56.5 Å². The highest BCUT2D eigenvalue weighted by atomic mass is 35.5. The molecule has 106 valence electrons. The van der Waals surface area contributed by atoms with Crippen LogP contribution in [0.4, 0.5) is 5.69 Å². The van der Waals surface area contributed by atoms with Crippen LogP contribution in [0.3, 0.4) is 0 Å². The third-order valence-corrected chi connectivity index (χ3v) is 3.87. The van der Waals surface area contributed by atoms with Gasteiger partial charge in [-0.2, -0.15) is 0 Å². The molecule has 0 radical (unpaired) electrons. The van der Waals surface area contributed by atoms with Crippen LogP contribution in [0.5, 0.6) is 5.75 Å². The van der Waals surface area contributed by atoms with Gasteiger partial charge in [0.2, 0.25) is 0 Å². The molecular formula is C14H11Cl4NO. The van der Waals surface area contributed by atoms with Crippen molar-refractivity contribution in [1.82, 2.24) is 0 Å². The van der Waals surface area contributed by atoms with Crippen LogP contribution in [0.2, 0.25) is 20.1 Å². The molecule has 0 unspecified atom stereocenters. The van der Waals surface area contributed by atoms with E-state index in [2.05, 4.69) is 5.32 Å². The Morgan fingerprint density at radius 1 is 0.950 bits per heavy atom. The van der Waals surface area contributed by atoms with E-state index in [1.807, 2.05) is 12.1 Å². The molecule has 2 aromatic rings. The predicted octanol–water partition coefficient (Wildman–Crippen LogP) is 5.79. The molecule has 0 amide bonds. The van der Waals surface area contributed by atoms with Crippen LogP contribution in [-0.4, -0.2) is 13.2 Å². The minimum absolute atomic E-state index is 0.435. The fraction of sp³-hybridized carbons (Fsp3) is 0.143. The van der Waals surface area contributed by atoms with Crippen LogP contribution in [0.1, 0.15) is 0 Å². The van der Waals surface area contributed by atoms with E-state index < -0.39 is 0 Å². The quantitative estimate of drug-likeness (QED) is 0.689. The highest BCUT2D eigenvalue weighted by Gasteiger charge is 2.04. The van der Waals surface area contributed by atoms with Gasteiger partial charge in [0.15, 0.2) is 0 Å². The molecule has 0 fully saturated rings. The molecule has 0 aromatic heterocycles. The van der Waals surface area contributed by atoms with E-state index in [1.54, 1.807) is 24.3 Å². The third kappa shape index (κ3) is 4.10. The summed E-state index contributed by atoms with van der Waals surface area (Å²) >= 11 is 23.8. The van der Waals surface area contributed by atoms with Crippen molar-refractivity contribution < 1.29 is 4.74 Å². The lowest BCUT2D eigenvalue weighted by Crippen LogP contribution is -2.11. The molecule has 0 saturated carbocycles. The van der Waals surface area contributed by atoms with Crippen molar-refractivity contribution in [3.8, 4) is 5.75 Å². The van der Waals surface area contributed by atoms with E-state index in [0.717, 1.165) is 5.69 Å². The Balaban J connectivity index is 1.86. The molecule has 2 aromatic carbocycles. The van der Waals surface area contributed by atoms with Gasteiger partial charge in [0, 0.05) is 11.6 Å². The van der Waals surface area contributed by atoms with Crippen LogP contribution in [0.25, 0.3) is 0 Å². The zero-order valence-electron chi connectivity index (χ0n) is 10.3. The largest absolute Gasteiger partial charge is 0.490 e. The van der Waals surface area contributed by atoms with Crippen LogP contribution >= 0.6 is 46.4 Å². The minimum Gasteiger partial charge on any atom is -0.490 e. The lowest BCUT2D eigenvalue weighted by Gasteiger charge is -2.11. The Morgan fingerprint density at radius 2 is 1.75 bits per heavy atom. The number of anilines is 1. The summed E-state index contributed by atoms with van der Waals surface area (Å²) in [5.41, 5.74) is 0.768. The maximum absolute atomic E-state index is 6.06. The van der Waals surface area contributed by atoms with E-state index >= 15 is 0 Å². The van der Waals surface area contributed by atoms with Crippen molar-refractivity contribution >= 4 is 52.1 Å². The molecular weight excluding hydrogens is 340 g/mol. The second kappa shape index (κ2) is 7.28. The Bertz CT molecular complexity index is 604. The molecule has 0 aliphatic rings. The number of nitrogens with one attached hydrogen (secondary N) is 1. The molecule has 20 heavy (non-hydrogen) atoms. The first kappa shape index (κ1) is 15.6. The van der Waals surface area contributed by atoms with Crippen molar-refractivity contribution in [2.45, 2.75) is 0 Å². The van der Waals surface area contributed by atoms with Gasteiger partial charge in [-0.25, -0.2) is 0 Å². The third-order valence-electron chi connectivity index (χ3n) is 2.52. The fourth-order valence-corrected chi connectivity index (χ4v) is 2.41. The standard InChI is InChI=1S/C14H11Cl4NO/c15-9-4-5-13(11(17)8-9)20-7-6-19-12-3-1-2-10(16)14(12)18/h1-5,8,19H,6-7H2. The van der Waals surface area contributed by atoms with E-state index in [4.69, 9.17) is 51.1 Å². The Labute approximate surface area is 137 Å². The SMILES string of the molecule is Clc1ccc(OCCNc2cccc(Cl)c2Cl)c(Cl)c1. The number of halogens is 4. The maximum Gasteiger partial charge on any atom is 0.138 e. The van der Waals surface area contributed by atoms with Crippen LogP contribution < -0.4 is 10.1 Å². The summed E-state index contributed by atoms with van der Waals surface area (Å²) in [6, 6.07) is 10.5. The summed E-state index contributed by atoms with van der Waals surface area (Å²) in [5, 5.41) is 5.22. The molecule has 0 aliphatic carbocycles. The zero-order chi connectivity index (χ0) is 14.5. The summed E-state index contributed by atoms with van der Waals surface area (Å²) < 4.78 is 5.55. The summed E-state index contributed by atoms with van der Waals surface area (Å²) in [4.78, 5) is 0. The average Bonchev–Trinajstić information content (AvgIpc) is 2.41. The van der Waals surface area contributed by atoms with Crippen LogP contribution in [-0.2, 0) is 0 Å². The molecule has 0 bridgehead atoms. The van der Waals surface area contributed by atoms with E-state index in [9.17, 15) is 0 Å². The monoisotopic (exact) mass is 349 g/mol. The number of rotatable bonds is 5. The second-order valence-corrected chi connectivity index (χ2v) is 5.58. The Morgan fingerprint density at radius 3 is 2.50 bits per heavy atom. The zero-order valence-corrected chi connectivity index (χ0v) is 13.3. The van der Waals surface area contributed by atoms with Gasteiger partial charge in [-0.05, 0) is 30.3 Å². The predicted molar refractivity (Wildman–Crippen MR) is 86.9 cm³/mol. The Kier molecular flexibility index (Phi) is 5.67. The molecule has 2 rings (SSSR count). The van der Waals surface area contributed by atoms with Gasteiger partial charge in [-0.1, -0.05) is 52.5 Å². The summed E-state index contributed by atoms with van der Waals surface area (Å²) in [5.74, 6) is 0.593. The summed E-state index contributed by atoms with van der Waals surface area (Å²) in [7, 11) is 0. The smallest absolute Gasteiger partial charge is 0.138 e. The normalized spacial score (nSPS) is 10.4. The van der Waals surface area contributed by atoms with Gasteiger partial charge < -0.3 is 10.1 Å². The lowest BCUT2D eigenvalue weighted by molar-refractivity contribution is 0.333. The van der Waals surface area contributed by atoms with Gasteiger partial charge >= 0.3 is 0 Å². The first-order valence-corrected chi connectivity index (χ1v) is 7.35. The molecule has 6 heteroatoms.